The number of carboxylic acids is 1. The molecule has 1 aromatic heterocycles. The van der Waals surface area contributed by atoms with Crippen LogP contribution in [0.5, 0.6) is 11.5 Å². The quantitative estimate of drug-likeness (QED) is 0.480. The minimum atomic E-state index is -0.875. The monoisotopic (exact) mass is 396 g/mol. The van der Waals surface area contributed by atoms with E-state index < -0.39 is 12.0 Å². The molecule has 0 bridgehead atoms. The maximum Gasteiger partial charge on any atom is 0.321 e. The van der Waals surface area contributed by atoms with Crippen LogP contribution in [0.15, 0.2) is 48.7 Å². The van der Waals surface area contributed by atoms with E-state index in [1.165, 1.54) is 0 Å². The summed E-state index contributed by atoms with van der Waals surface area (Å²) in [6.07, 6.45) is 2.32. The van der Waals surface area contributed by atoms with E-state index in [1.54, 1.807) is 0 Å². The van der Waals surface area contributed by atoms with Crippen LogP contribution in [0.3, 0.4) is 0 Å². The van der Waals surface area contributed by atoms with Crippen molar-refractivity contribution in [1.82, 2.24) is 10.3 Å². The second kappa shape index (κ2) is 9.47. The zero-order valence-corrected chi connectivity index (χ0v) is 17.1. The number of carbonyl (C=O) groups is 1. The van der Waals surface area contributed by atoms with Crippen molar-refractivity contribution >= 4 is 16.9 Å². The first kappa shape index (κ1) is 20.7. The van der Waals surface area contributed by atoms with Crippen molar-refractivity contribution in [2.24, 2.45) is 0 Å². The van der Waals surface area contributed by atoms with E-state index >= 15 is 0 Å². The number of nitrogens with one attached hydrogen (secondary N) is 2. The molecule has 0 saturated carbocycles. The predicted octanol–water partition coefficient (Wildman–Crippen LogP) is 4.14. The molecule has 0 spiro atoms. The Kier molecular flexibility index (Phi) is 6.77. The van der Waals surface area contributed by atoms with Crippen molar-refractivity contribution in [2.75, 3.05) is 6.61 Å². The van der Waals surface area contributed by atoms with E-state index in [9.17, 15) is 9.90 Å². The van der Waals surface area contributed by atoms with Gasteiger partial charge in [-0.1, -0.05) is 24.3 Å². The van der Waals surface area contributed by atoms with Gasteiger partial charge < -0.3 is 24.9 Å². The van der Waals surface area contributed by atoms with Crippen molar-refractivity contribution in [2.45, 2.75) is 45.9 Å². The van der Waals surface area contributed by atoms with Gasteiger partial charge in [0.25, 0.3) is 0 Å². The molecule has 0 radical (unpaired) electrons. The molecule has 0 aliphatic heterocycles. The van der Waals surface area contributed by atoms with E-state index in [2.05, 4.69) is 10.3 Å². The minimum Gasteiger partial charge on any atom is -0.490 e. The van der Waals surface area contributed by atoms with E-state index in [0.717, 1.165) is 22.0 Å². The predicted molar refractivity (Wildman–Crippen MR) is 114 cm³/mol. The summed E-state index contributed by atoms with van der Waals surface area (Å²) in [5.74, 6) is 0.489. The second-order valence-electron chi connectivity index (χ2n) is 7.22. The normalized spacial score (nSPS) is 12.3. The lowest BCUT2D eigenvalue weighted by Crippen LogP contribution is -2.38. The highest BCUT2D eigenvalue weighted by atomic mass is 16.5. The number of benzene rings is 2. The first-order valence-electron chi connectivity index (χ1n) is 9.91. The van der Waals surface area contributed by atoms with Crippen molar-refractivity contribution in [3.05, 3.63) is 59.8 Å². The Hall–Kier alpha value is -2.99. The van der Waals surface area contributed by atoms with Crippen molar-refractivity contribution < 1.29 is 19.4 Å². The molecule has 0 unspecified atom stereocenters. The van der Waals surface area contributed by atoms with E-state index in [1.807, 2.05) is 69.4 Å². The van der Waals surface area contributed by atoms with Crippen LogP contribution >= 0.6 is 0 Å². The van der Waals surface area contributed by atoms with Gasteiger partial charge in [0.2, 0.25) is 0 Å². The van der Waals surface area contributed by atoms with Gasteiger partial charge >= 0.3 is 5.97 Å². The molecule has 2 aromatic carbocycles. The molecule has 29 heavy (non-hydrogen) atoms. The molecular weight excluding hydrogens is 368 g/mol. The summed E-state index contributed by atoms with van der Waals surface area (Å²) < 4.78 is 11.5. The van der Waals surface area contributed by atoms with Gasteiger partial charge in [0.15, 0.2) is 11.5 Å². The van der Waals surface area contributed by atoms with Crippen molar-refractivity contribution in [3.8, 4) is 11.5 Å². The third-order valence-corrected chi connectivity index (χ3v) is 4.62. The Morgan fingerprint density at radius 2 is 1.97 bits per heavy atom. The number of para-hydroxylation sites is 1. The number of aromatic nitrogens is 1. The summed E-state index contributed by atoms with van der Waals surface area (Å²) in [7, 11) is 0. The molecule has 1 atom stereocenters. The number of ether oxygens (including phenoxy) is 2. The van der Waals surface area contributed by atoms with Crippen LogP contribution in [0.1, 0.15) is 31.9 Å². The van der Waals surface area contributed by atoms with Gasteiger partial charge in [-0.3, -0.25) is 4.79 Å². The van der Waals surface area contributed by atoms with Crippen LogP contribution in [-0.4, -0.2) is 34.8 Å². The van der Waals surface area contributed by atoms with Gasteiger partial charge in [-0.15, -0.1) is 0 Å². The highest BCUT2D eigenvalue weighted by Crippen LogP contribution is 2.29. The fraction of sp³-hybridized carbons (Fsp3) is 0.348. The lowest BCUT2D eigenvalue weighted by atomic mass is 10.0. The molecule has 0 amide bonds. The number of aliphatic carboxylic acids is 1. The Morgan fingerprint density at radius 1 is 1.17 bits per heavy atom. The standard InChI is InChI=1S/C23H28N2O4/c1-4-28-22-11-16(9-10-21(22)29-15(2)3)13-24-20(23(26)27)12-17-14-25-19-8-6-5-7-18(17)19/h5-11,14-15,20,24-25H,4,12-13H2,1-3H3,(H,26,27)/t20-/m1/s1. The average molecular weight is 396 g/mol. The lowest BCUT2D eigenvalue weighted by Gasteiger charge is -2.17. The zero-order valence-electron chi connectivity index (χ0n) is 17.1. The van der Waals surface area contributed by atoms with Gasteiger partial charge in [0.1, 0.15) is 6.04 Å². The van der Waals surface area contributed by atoms with Crippen LogP contribution in [0.4, 0.5) is 0 Å². The molecular formula is C23H28N2O4. The first-order chi connectivity index (χ1) is 14.0. The topological polar surface area (TPSA) is 83.6 Å². The molecule has 3 rings (SSSR count). The van der Waals surface area contributed by atoms with Crippen LogP contribution in [0, 0.1) is 0 Å². The molecule has 0 fully saturated rings. The summed E-state index contributed by atoms with van der Waals surface area (Å²) in [6, 6.07) is 12.9. The Balaban J connectivity index is 1.71. The lowest BCUT2D eigenvalue weighted by molar-refractivity contribution is -0.139. The van der Waals surface area contributed by atoms with E-state index in [4.69, 9.17) is 9.47 Å². The maximum absolute atomic E-state index is 11.8. The smallest absolute Gasteiger partial charge is 0.321 e. The Labute approximate surface area is 170 Å². The molecule has 3 aromatic rings. The van der Waals surface area contributed by atoms with Gasteiger partial charge in [-0.2, -0.15) is 0 Å². The van der Waals surface area contributed by atoms with Crippen LogP contribution in [0.2, 0.25) is 0 Å². The summed E-state index contributed by atoms with van der Waals surface area (Å²) >= 11 is 0. The van der Waals surface area contributed by atoms with Crippen LogP contribution < -0.4 is 14.8 Å². The molecule has 0 aliphatic rings. The molecule has 154 valence electrons. The number of rotatable bonds is 10. The zero-order chi connectivity index (χ0) is 20.8. The highest BCUT2D eigenvalue weighted by Gasteiger charge is 2.19. The molecule has 3 N–H and O–H groups in total. The van der Waals surface area contributed by atoms with E-state index in [-0.39, 0.29) is 6.10 Å². The summed E-state index contributed by atoms with van der Waals surface area (Å²) in [6.45, 7) is 6.80. The van der Waals surface area contributed by atoms with Gasteiger partial charge in [0.05, 0.1) is 12.7 Å². The van der Waals surface area contributed by atoms with Gasteiger partial charge in [0, 0.05) is 30.1 Å². The van der Waals surface area contributed by atoms with Gasteiger partial charge in [-0.05, 0) is 50.1 Å². The fourth-order valence-corrected chi connectivity index (χ4v) is 3.29. The maximum atomic E-state index is 11.8. The number of hydrogen-bond donors (Lipinski definition) is 3. The van der Waals surface area contributed by atoms with Crippen LogP contribution in [0.25, 0.3) is 10.9 Å². The molecule has 6 heteroatoms. The van der Waals surface area contributed by atoms with Crippen LogP contribution in [-0.2, 0) is 17.8 Å². The number of carboxylic acid groups (broad SMARTS) is 1. The van der Waals surface area contributed by atoms with E-state index in [0.29, 0.717) is 31.1 Å². The number of aromatic amines is 1. The third-order valence-electron chi connectivity index (χ3n) is 4.62. The first-order valence-corrected chi connectivity index (χ1v) is 9.91. The Bertz CT molecular complexity index is 964. The third kappa shape index (κ3) is 5.29. The number of hydrogen-bond acceptors (Lipinski definition) is 4. The summed E-state index contributed by atoms with van der Waals surface area (Å²) in [5.41, 5.74) is 2.93. The Morgan fingerprint density at radius 3 is 2.69 bits per heavy atom. The molecule has 0 aliphatic carbocycles. The highest BCUT2D eigenvalue weighted by molar-refractivity contribution is 5.84. The van der Waals surface area contributed by atoms with Crippen molar-refractivity contribution in [3.63, 3.8) is 0 Å². The molecule has 0 saturated heterocycles. The minimum absolute atomic E-state index is 0.0470. The van der Waals surface area contributed by atoms with Gasteiger partial charge in [-0.25, -0.2) is 0 Å². The average Bonchev–Trinajstić information content (AvgIpc) is 3.09. The fourth-order valence-electron chi connectivity index (χ4n) is 3.29. The molecule has 1 heterocycles. The summed E-state index contributed by atoms with van der Waals surface area (Å²) in [5, 5.41) is 13.9. The largest absolute Gasteiger partial charge is 0.490 e. The second-order valence-corrected chi connectivity index (χ2v) is 7.22. The number of H-pyrrole nitrogens is 1. The van der Waals surface area contributed by atoms with Crippen molar-refractivity contribution in [1.29, 1.82) is 0 Å². The molecule has 6 nitrogen and oxygen atoms in total. The SMILES string of the molecule is CCOc1cc(CN[C@H](Cc2c[nH]c3ccccc23)C(=O)O)ccc1OC(C)C. The summed E-state index contributed by atoms with van der Waals surface area (Å²) in [4.78, 5) is 15.0. The number of fused-ring (bicyclic) bond motifs is 1.